The van der Waals surface area contributed by atoms with E-state index >= 15 is 0 Å². The largest absolute Gasteiger partial charge is 0.461 e. The van der Waals surface area contributed by atoms with E-state index in [1.807, 2.05) is 6.07 Å². The number of esters is 1. The molecule has 0 aliphatic rings. The van der Waals surface area contributed by atoms with Crippen LogP contribution >= 0.6 is 0 Å². The standard InChI is InChI=1S/C13H15N3O3/c1-3-10(17)15-12-11(13(18)19-4-2)14-9-7-5-6-8-16(9)12/h5-8H,3-4H2,1-2H3,(H,15,17). The number of aromatic nitrogens is 2. The van der Waals surface area contributed by atoms with Gasteiger partial charge in [0, 0.05) is 12.6 Å². The monoisotopic (exact) mass is 261 g/mol. The SMILES string of the molecule is CCOC(=O)c1nc2ccccn2c1NC(=O)CC. The zero-order valence-corrected chi connectivity index (χ0v) is 10.8. The zero-order chi connectivity index (χ0) is 13.8. The number of carbonyl (C=O) groups is 2. The van der Waals surface area contributed by atoms with Crippen LogP contribution in [0.2, 0.25) is 0 Å². The van der Waals surface area contributed by atoms with Gasteiger partial charge in [0.1, 0.15) is 5.65 Å². The number of hydrogen-bond donors (Lipinski definition) is 1. The van der Waals surface area contributed by atoms with Gasteiger partial charge in [-0.15, -0.1) is 0 Å². The Morgan fingerprint density at radius 3 is 2.84 bits per heavy atom. The van der Waals surface area contributed by atoms with Crippen LogP contribution in [0.4, 0.5) is 5.82 Å². The fourth-order valence-electron chi connectivity index (χ4n) is 1.68. The molecule has 0 unspecified atom stereocenters. The van der Waals surface area contributed by atoms with Crippen LogP contribution in [0.3, 0.4) is 0 Å². The molecule has 0 fully saturated rings. The Morgan fingerprint density at radius 2 is 2.16 bits per heavy atom. The Morgan fingerprint density at radius 1 is 1.37 bits per heavy atom. The summed E-state index contributed by atoms with van der Waals surface area (Å²) in [6, 6.07) is 5.36. The predicted molar refractivity (Wildman–Crippen MR) is 70.1 cm³/mol. The lowest BCUT2D eigenvalue weighted by molar-refractivity contribution is -0.115. The van der Waals surface area contributed by atoms with Crippen LogP contribution < -0.4 is 5.32 Å². The molecule has 0 aromatic carbocycles. The van der Waals surface area contributed by atoms with Crippen molar-refractivity contribution >= 4 is 23.3 Å². The van der Waals surface area contributed by atoms with Gasteiger partial charge >= 0.3 is 5.97 Å². The number of fused-ring (bicyclic) bond motifs is 1. The van der Waals surface area contributed by atoms with Crippen LogP contribution in [0.15, 0.2) is 24.4 Å². The van der Waals surface area contributed by atoms with E-state index in [9.17, 15) is 9.59 Å². The molecule has 0 aliphatic heterocycles. The maximum absolute atomic E-state index is 11.9. The first-order valence-electron chi connectivity index (χ1n) is 6.11. The lowest BCUT2D eigenvalue weighted by Gasteiger charge is -2.05. The topological polar surface area (TPSA) is 72.7 Å². The Kier molecular flexibility index (Phi) is 3.79. The lowest BCUT2D eigenvalue weighted by Crippen LogP contribution is -2.15. The third kappa shape index (κ3) is 2.57. The molecule has 0 atom stereocenters. The number of nitrogens with zero attached hydrogens (tertiary/aromatic N) is 2. The average Bonchev–Trinajstić information content (AvgIpc) is 2.78. The summed E-state index contributed by atoms with van der Waals surface area (Å²) in [5.74, 6) is -0.380. The third-order valence-corrected chi connectivity index (χ3v) is 2.58. The molecule has 0 bridgehead atoms. The molecule has 2 heterocycles. The number of rotatable bonds is 4. The van der Waals surface area contributed by atoms with E-state index in [1.54, 1.807) is 36.6 Å². The minimum absolute atomic E-state index is 0.120. The van der Waals surface area contributed by atoms with Crippen molar-refractivity contribution in [2.24, 2.45) is 0 Å². The third-order valence-electron chi connectivity index (χ3n) is 2.58. The van der Waals surface area contributed by atoms with Gasteiger partial charge in [0.15, 0.2) is 11.5 Å². The maximum Gasteiger partial charge on any atom is 0.360 e. The van der Waals surface area contributed by atoms with Crippen molar-refractivity contribution < 1.29 is 14.3 Å². The van der Waals surface area contributed by atoms with Gasteiger partial charge in [-0.3, -0.25) is 9.20 Å². The molecule has 0 radical (unpaired) electrons. The minimum Gasteiger partial charge on any atom is -0.461 e. The van der Waals surface area contributed by atoms with Crippen molar-refractivity contribution in [3.8, 4) is 0 Å². The van der Waals surface area contributed by atoms with Crippen LogP contribution in [-0.2, 0) is 9.53 Å². The van der Waals surface area contributed by atoms with Crippen molar-refractivity contribution in [3.05, 3.63) is 30.1 Å². The fraction of sp³-hybridized carbons (Fsp3) is 0.308. The lowest BCUT2D eigenvalue weighted by atomic mass is 10.4. The van der Waals surface area contributed by atoms with E-state index < -0.39 is 5.97 Å². The van der Waals surface area contributed by atoms with Crippen LogP contribution in [0.25, 0.3) is 5.65 Å². The molecule has 0 aliphatic carbocycles. The van der Waals surface area contributed by atoms with Crippen molar-refractivity contribution in [2.75, 3.05) is 11.9 Å². The summed E-state index contributed by atoms with van der Waals surface area (Å²) >= 11 is 0. The van der Waals surface area contributed by atoms with Crippen molar-refractivity contribution in [3.63, 3.8) is 0 Å². The first-order chi connectivity index (χ1) is 9.17. The minimum atomic E-state index is -0.544. The predicted octanol–water partition coefficient (Wildman–Crippen LogP) is 1.86. The number of carbonyl (C=O) groups excluding carboxylic acids is 2. The van der Waals surface area contributed by atoms with Crippen molar-refractivity contribution in [1.29, 1.82) is 0 Å². The second-order valence-electron chi connectivity index (χ2n) is 3.86. The van der Waals surface area contributed by atoms with Crippen LogP contribution in [-0.4, -0.2) is 27.9 Å². The molecule has 0 saturated heterocycles. The molecule has 6 nitrogen and oxygen atoms in total. The summed E-state index contributed by atoms with van der Waals surface area (Å²) in [4.78, 5) is 27.6. The summed E-state index contributed by atoms with van der Waals surface area (Å²) in [6.45, 7) is 3.72. The molecule has 100 valence electrons. The number of hydrogen-bond acceptors (Lipinski definition) is 4. The van der Waals surface area contributed by atoms with Gasteiger partial charge in [-0.25, -0.2) is 9.78 Å². The van der Waals surface area contributed by atoms with Crippen LogP contribution in [0.1, 0.15) is 30.8 Å². The molecule has 2 aromatic heterocycles. The number of imidazole rings is 1. The summed E-state index contributed by atoms with van der Waals surface area (Å²) < 4.78 is 6.60. The molecular weight excluding hydrogens is 246 g/mol. The second-order valence-corrected chi connectivity index (χ2v) is 3.86. The molecule has 6 heteroatoms. The first kappa shape index (κ1) is 13.1. The molecule has 1 N–H and O–H groups in total. The van der Waals surface area contributed by atoms with E-state index in [-0.39, 0.29) is 18.2 Å². The van der Waals surface area contributed by atoms with Gasteiger partial charge in [-0.05, 0) is 19.1 Å². The highest BCUT2D eigenvalue weighted by molar-refractivity contribution is 6.00. The van der Waals surface area contributed by atoms with Gasteiger partial charge in [0.25, 0.3) is 0 Å². The van der Waals surface area contributed by atoms with Crippen molar-refractivity contribution in [2.45, 2.75) is 20.3 Å². The smallest absolute Gasteiger partial charge is 0.360 e. The Balaban J connectivity index is 2.51. The molecule has 19 heavy (non-hydrogen) atoms. The van der Waals surface area contributed by atoms with Crippen molar-refractivity contribution in [1.82, 2.24) is 9.38 Å². The van der Waals surface area contributed by atoms with E-state index in [1.165, 1.54) is 0 Å². The van der Waals surface area contributed by atoms with E-state index in [0.29, 0.717) is 17.9 Å². The molecule has 2 aromatic rings. The zero-order valence-electron chi connectivity index (χ0n) is 10.8. The number of nitrogens with one attached hydrogen (secondary N) is 1. The van der Waals surface area contributed by atoms with Gasteiger partial charge in [-0.2, -0.15) is 0 Å². The summed E-state index contributed by atoms with van der Waals surface area (Å²) in [7, 11) is 0. The van der Waals surface area contributed by atoms with Crippen LogP contribution in [0, 0.1) is 0 Å². The average molecular weight is 261 g/mol. The number of amides is 1. The highest BCUT2D eigenvalue weighted by Crippen LogP contribution is 2.19. The fourth-order valence-corrected chi connectivity index (χ4v) is 1.68. The van der Waals surface area contributed by atoms with E-state index in [2.05, 4.69) is 10.3 Å². The van der Waals surface area contributed by atoms with Crippen LogP contribution in [0.5, 0.6) is 0 Å². The summed E-state index contributed by atoms with van der Waals surface area (Å²) in [5, 5.41) is 2.68. The van der Waals surface area contributed by atoms with Gasteiger partial charge in [0.05, 0.1) is 6.61 Å². The Labute approximate surface area is 110 Å². The molecular formula is C13H15N3O3. The second kappa shape index (κ2) is 5.51. The number of ether oxygens (including phenoxy) is 1. The molecule has 0 spiro atoms. The highest BCUT2D eigenvalue weighted by Gasteiger charge is 2.21. The van der Waals surface area contributed by atoms with Gasteiger partial charge in [0.2, 0.25) is 5.91 Å². The van der Waals surface area contributed by atoms with Gasteiger partial charge < -0.3 is 10.1 Å². The summed E-state index contributed by atoms with van der Waals surface area (Å²) in [5.41, 5.74) is 0.701. The number of anilines is 1. The molecule has 0 saturated carbocycles. The first-order valence-corrected chi connectivity index (χ1v) is 6.11. The van der Waals surface area contributed by atoms with E-state index in [0.717, 1.165) is 0 Å². The van der Waals surface area contributed by atoms with Gasteiger partial charge in [-0.1, -0.05) is 13.0 Å². The summed E-state index contributed by atoms with van der Waals surface area (Å²) in [6.07, 6.45) is 2.05. The molecule has 2 rings (SSSR count). The Bertz CT molecular complexity index is 619. The number of pyridine rings is 1. The molecule has 1 amide bonds. The normalized spacial score (nSPS) is 10.4. The highest BCUT2D eigenvalue weighted by atomic mass is 16.5. The van der Waals surface area contributed by atoms with E-state index in [4.69, 9.17) is 4.74 Å². The maximum atomic E-state index is 11.9. The quantitative estimate of drug-likeness (QED) is 0.852. The Hall–Kier alpha value is -2.37.